The first kappa shape index (κ1) is 24.5. The highest BCUT2D eigenvalue weighted by Gasteiger charge is 2.27. The fraction of sp³-hybridized carbons (Fsp3) is 0.269. The predicted molar refractivity (Wildman–Crippen MR) is 131 cm³/mol. The van der Waals surface area contributed by atoms with E-state index in [2.05, 4.69) is 12.2 Å². The normalized spacial score (nSPS) is 11.4. The number of hydrogen-bond donors (Lipinski definition) is 1. The second-order valence-corrected chi connectivity index (χ2v) is 9.74. The van der Waals surface area contributed by atoms with E-state index in [-0.39, 0.29) is 23.9 Å². The summed E-state index contributed by atoms with van der Waals surface area (Å²) >= 11 is 0. The third kappa shape index (κ3) is 6.43. The van der Waals surface area contributed by atoms with Gasteiger partial charge in [0.2, 0.25) is 15.9 Å². The Morgan fingerprint density at radius 2 is 1.67 bits per heavy atom. The lowest BCUT2D eigenvalue weighted by Gasteiger charge is -2.22. The zero-order chi connectivity index (χ0) is 23.8. The van der Waals surface area contributed by atoms with Crippen molar-refractivity contribution in [3.63, 3.8) is 0 Å². The van der Waals surface area contributed by atoms with Gasteiger partial charge in [0.15, 0.2) is 0 Å². The summed E-state index contributed by atoms with van der Waals surface area (Å²) in [4.78, 5) is 12.9. The van der Waals surface area contributed by atoms with Gasteiger partial charge >= 0.3 is 0 Å². The predicted octanol–water partition coefficient (Wildman–Crippen LogP) is 4.44. The molecular weight excluding hydrogens is 436 g/mol. The van der Waals surface area contributed by atoms with E-state index in [0.29, 0.717) is 23.4 Å². The van der Waals surface area contributed by atoms with Crippen LogP contribution in [0.15, 0.2) is 77.7 Å². The van der Waals surface area contributed by atoms with E-state index >= 15 is 0 Å². The molecule has 3 rings (SSSR count). The van der Waals surface area contributed by atoms with Crippen molar-refractivity contribution in [2.75, 3.05) is 25.5 Å². The molecule has 6 nitrogen and oxygen atoms in total. The highest BCUT2D eigenvalue weighted by Crippen LogP contribution is 2.24. The molecule has 1 N–H and O–H groups in total. The second-order valence-electron chi connectivity index (χ2n) is 7.80. The first-order valence-corrected chi connectivity index (χ1v) is 12.3. The fourth-order valence-electron chi connectivity index (χ4n) is 3.53. The molecule has 0 radical (unpaired) electrons. The molecule has 0 bridgehead atoms. The number of sulfonamides is 1. The van der Waals surface area contributed by atoms with Crippen molar-refractivity contribution in [2.45, 2.75) is 31.6 Å². The molecule has 0 spiro atoms. The molecule has 0 aromatic heterocycles. The summed E-state index contributed by atoms with van der Waals surface area (Å²) in [6.45, 7) is 3.75. The van der Waals surface area contributed by atoms with E-state index < -0.39 is 10.0 Å². The molecule has 0 heterocycles. The molecule has 7 heteroatoms. The van der Waals surface area contributed by atoms with Gasteiger partial charge in [0.05, 0.1) is 18.6 Å². The van der Waals surface area contributed by atoms with Gasteiger partial charge in [0.1, 0.15) is 5.75 Å². The Kier molecular flexibility index (Phi) is 8.25. The summed E-state index contributed by atoms with van der Waals surface area (Å²) in [5.41, 5.74) is 3.51. The van der Waals surface area contributed by atoms with Gasteiger partial charge in [-0.05, 0) is 66.8 Å². The van der Waals surface area contributed by atoms with Crippen LogP contribution in [-0.4, -0.2) is 38.8 Å². The van der Waals surface area contributed by atoms with Crippen LogP contribution in [0.4, 0.5) is 5.69 Å². The van der Waals surface area contributed by atoms with E-state index in [1.165, 1.54) is 10.4 Å². The van der Waals surface area contributed by atoms with Crippen molar-refractivity contribution in [3.05, 3.63) is 89.5 Å². The second kappa shape index (κ2) is 11.1. The standard InChI is InChI=1S/C26H30N2O4S/c1-4-21-10-12-23(13-11-21)27-26(29)19-28(17-16-22-8-6-5-7-9-22)33(30,31)24-14-15-25(32-3)20(2)18-24/h5-15,18H,4,16-17,19H2,1-3H3,(H,27,29). The van der Waals surface area contributed by atoms with E-state index in [1.807, 2.05) is 54.6 Å². The Hall–Kier alpha value is -3.16. The van der Waals surface area contributed by atoms with Crippen molar-refractivity contribution < 1.29 is 17.9 Å². The molecule has 0 aliphatic carbocycles. The maximum absolute atomic E-state index is 13.5. The average Bonchev–Trinajstić information content (AvgIpc) is 2.82. The van der Waals surface area contributed by atoms with Crippen LogP contribution in [0, 0.1) is 6.92 Å². The molecule has 3 aromatic rings. The maximum atomic E-state index is 13.5. The van der Waals surface area contributed by atoms with Crippen molar-refractivity contribution in [2.24, 2.45) is 0 Å². The number of hydrogen-bond acceptors (Lipinski definition) is 4. The number of benzene rings is 3. The summed E-state index contributed by atoms with van der Waals surface area (Å²) in [6, 6.07) is 21.9. The van der Waals surface area contributed by atoms with E-state index in [1.54, 1.807) is 26.2 Å². The van der Waals surface area contributed by atoms with Crippen LogP contribution >= 0.6 is 0 Å². The molecule has 33 heavy (non-hydrogen) atoms. The van der Waals surface area contributed by atoms with E-state index in [4.69, 9.17) is 4.74 Å². The molecule has 0 atom stereocenters. The van der Waals surface area contributed by atoms with Gasteiger partial charge in [-0.2, -0.15) is 4.31 Å². The summed E-state index contributed by atoms with van der Waals surface area (Å²) in [5, 5.41) is 2.81. The van der Waals surface area contributed by atoms with Crippen LogP contribution in [0.2, 0.25) is 0 Å². The van der Waals surface area contributed by atoms with Crippen molar-refractivity contribution in [3.8, 4) is 5.75 Å². The lowest BCUT2D eigenvalue weighted by atomic mass is 10.1. The first-order valence-electron chi connectivity index (χ1n) is 10.9. The molecule has 1 amide bonds. The number of nitrogens with zero attached hydrogens (tertiary/aromatic N) is 1. The number of amides is 1. The fourth-order valence-corrected chi connectivity index (χ4v) is 5.01. The number of ether oxygens (including phenoxy) is 1. The van der Waals surface area contributed by atoms with Gasteiger partial charge in [-0.15, -0.1) is 0 Å². The third-order valence-corrected chi connectivity index (χ3v) is 7.30. The number of carbonyl (C=O) groups excluding carboxylic acids is 1. The number of anilines is 1. The molecule has 0 fully saturated rings. The third-order valence-electron chi connectivity index (χ3n) is 5.46. The smallest absolute Gasteiger partial charge is 0.243 e. The SMILES string of the molecule is CCc1ccc(NC(=O)CN(CCc2ccccc2)S(=O)(=O)c2ccc(OC)c(C)c2)cc1. The summed E-state index contributed by atoms with van der Waals surface area (Å²) in [5.74, 6) is 0.221. The van der Waals surface area contributed by atoms with Gasteiger partial charge in [0, 0.05) is 12.2 Å². The molecule has 0 aliphatic rings. The van der Waals surface area contributed by atoms with Gasteiger partial charge in [-0.25, -0.2) is 8.42 Å². The Bertz CT molecular complexity index is 1180. The molecule has 0 saturated heterocycles. The van der Waals surface area contributed by atoms with E-state index in [9.17, 15) is 13.2 Å². The van der Waals surface area contributed by atoms with Gasteiger partial charge < -0.3 is 10.1 Å². The highest BCUT2D eigenvalue weighted by atomic mass is 32.2. The summed E-state index contributed by atoms with van der Waals surface area (Å²) < 4.78 is 33.5. The largest absolute Gasteiger partial charge is 0.496 e. The summed E-state index contributed by atoms with van der Waals surface area (Å²) in [6.07, 6.45) is 1.40. The molecule has 0 unspecified atom stereocenters. The number of rotatable bonds is 10. The first-order chi connectivity index (χ1) is 15.8. The maximum Gasteiger partial charge on any atom is 0.243 e. The number of carbonyl (C=O) groups is 1. The number of aryl methyl sites for hydroxylation is 2. The number of nitrogens with one attached hydrogen (secondary N) is 1. The van der Waals surface area contributed by atoms with Crippen molar-refractivity contribution in [1.82, 2.24) is 4.31 Å². The average molecular weight is 467 g/mol. The molecule has 0 saturated carbocycles. The van der Waals surface area contributed by atoms with Crippen LogP contribution in [0.1, 0.15) is 23.6 Å². The van der Waals surface area contributed by atoms with Crippen LogP contribution in [0.3, 0.4) is 0 Å². The van der Waals surface area contributed by atoms with Gasteiger partial charge in [-0.3, -0.25) is 4.79 Å². The van der Waals surface area contributed by atoms with Crippen LogP contribution in [0.25, 0.3) is 0 Å². The lowest BCUT2D eigenvalue weighted by Crippen LogP contribution is -2.39. The highest BCUT2D eigenvalue weighted by molar-refractivity contribution is 7.89. The van der Waals surface area contributed by atoms with Crippen molar-refractivity contribution >= 4 is 21.6 Å². The molecule has 0 aliphatic heterocycles. The number of methoxy groups -OCH3 is 1. The summed E-state index contributed by atoms with van der Waals surface area (Å²) in [7, 11) is -2.36. The van der Waals surface area contributed by atoms with Gasteiger partial charge in [-0.1, -0.05) is 49.4 Å². The zero-order valence-corrected chi connectivity index (χ0v) is 20.1. The van der Waals surface area contributed by atoms with Crippen LogP contribution in [-0.2, 0) is 27.7 Å². The van der Waals surface area contributed by atoms with Gasteiger partial charge in [0.25, 0.3) is 0 Å². The Balaban J connectivity index is 1.82. The Labute approximate surface area is 196 Å². The lowest BCUT2D eigenvalue weighted by molar-refractivity contribution is -0.116. The quantitative estimate of drug-likeness (QED) is 0.479. The topological polar surface area (TPSA) is 75.7 Å². The molecule has 174 valence electrons. The minimum Gasteiger partial charge on any atom is -0.496 e. The van der Waals surface area contributed by atoms with Crippen molar-refractivity contribution in [1.29, 1.82) is 0 Å². The van der Waals surface area contributed by atoms with E-state index in [0.717, 1.165) is 17.5 Å². The monoisotopic (exact) mass is 466 g/mol. The van der Waals surface area contributed by atoms with Crippen LogP contribution in [0.5, 0.6) is 5.75 Å². The minimum atomic E-state index is -3.90. The Morgan fingerprint density at radius 1 is 0.970 bits per heavy atom. The molecule has 3 aromatic carbocycles. The Morgan fingerprint density at radius 3 is 2.27 bits per heavy atom. The minimum absolute atomic E-state index is 0.133. The van der Waals surface area contributed by atoms with Crippen LogP contribution < -0.4 is 10.1 Å². The molecular formula is C26H30N2O4S. The zero-order valence-electron chi connectivity index (χ0n) is 19.2.